The Bertz CT molecular complexity index is 357. The Kier molecular flexibility index (Phi) is 5.15. The van der Waals surface area contributed by atoms with Gasteiger partial charge in [0.2, 0.25) is 0 Å². The number of hydrogen-bond donors (Lipinski definition) is 1. The van der Waals surface area contributed by atoms with Crippen molar-refractivity contribution in [2.45, 2.75) is 32.7 Å². The van der Waals surface area contributed by atoms with Gasteiger partial charge >= 0.3 is 0 Å². The molecule has 0 aromatic carbocycles. The normalized spacial score (nSPS) is 10.9. The first-order valence-corrected chi connectivity index (χ1v) is 6.14. The average molecular weight is 238 g/mol. The third-order valence-corrected chi connectivity index (χ3v) is 2.95. The monoisotopic (exact) mass is 238 g/mol. The molecular weight excluding hydrogens is 216 g/mol. The lowest BCUT2D eigenvalue weighted by Crippen LogP contribution is -2.43. The average Bonchev–Trinajstić information content (AvgIpc) is 2.75. The van der Waals surface area contributed by atoms with E-state index in [1.54, 1.807) is 24.0 Å². The largest absolute Gasteiger partial charge is 0.333 e. The van der Waals surface area contributed by atoms with Gasteiger partial charge < -0.3 is 10.6 Å². The van der Waals surface area contributed by atoms with Crippen molar-refractivity contribution in [3.8, 4) is 0 Å². The number of carbonyl (C=O) groups excluding carboxylic acids is 1. The Labute approximate surface area is 103 Å². The van der Waals surface area contributed by atoms with Crippen LogP contribution in [0.1, 0.15) is 37.2 Å². The molecule has 0 fully saturated rings. The fourth-order valence-corrected chi connectivity index (χ4v) is 1.99. The van der Waals surface area contributed by atoms with E-state index in [9.17, 15) is 4.79 Å². The molecule has 1 aromatic rings. The van der Waals surface area contributed by atoms with Crippen LogP contribution in [-0.2, 0) is 7.05 Å². The van der Waals surface area contributed by atoms with Crippen LogP contribution in [0.4, 0.5) is 0 Å². The van der Waals surface area contributed by atoms with Crippen molar-refractivity contribution in [3.05, 3.63) is 18.0 Å². The SMILES string of the molecule is CCC(CC)N(CCN)C(=O)c1ccn(C)n1. The van der Waals surface area contributed by atoms with E-state index >= 15 is 0 Å². The smallest absolute Gasteiger partial charge is 0.274 e. The number of nitrogens with two attached hydrogens (primary N) is 1. The van der Waals surface area contributed by atoms with Gasteiger partial charge in [0, 0.05) is 32.4 Å². The van der Waals surface area contributed by atoms with Gasteiger partial charge in [0.1, 0.15) is 5.69 Å². The third-order valence-electron chi connectivity index (χ3n) is 2.95. The number of rotatable bonds is 6. The van der Waals surface area contributed by atoms with Crippen LogP contribution in [0.3, 0.4) is 0 Å². The van der Waals surface area contributed by atoms with Crippen LogP contribution in [0.25, 0.3) is 0 Å². The van der Waals surface area contributed by atoms with Gasteiger partial charge in [-0.15, -0.1) is 0 Å². The molecule has 0 aliphatic heterocycles. The summed E-state index contributed by atoms with van der Waals surface area (Å²) in [5.74, 6) is -0.0234. The lowest BCUT2D eigenvalue weighted by atomic mass is 10.1. The van der Waals surface area contributed by atoms with E-state index in [2.05, 4.69) is 18.9 Å². The maximum absolute atomic E-state index is 12.3. The van der Waals surface area contributed by atoms with E-state index in [4.69, 9.17) is 5.73 Å². The lowest BCUT2D eigenvalue weighted by Gasteiger charge is -2.29. The Morgan fingerprint density at radius 3 is 2.59 bits per heavy atom. The summed E-state index contributed by atoms with van der Waals surface area (Å²) in [7, 11) is 1.81. The van der Waals surface area contributed by atoms with Gasteiger partial charge in [0.25, 0.3) is 5.91 Å². The molecule has 96 valence electrons. The quantitative estimate of drug-likeness (QED) is 0.804. The second-order valence-corrected chi connectivity index (χ2v) is 4.13. The number of hydrogen-bond acceptors (Lipinski definition) is 3. The van der Waals surface area contributed by atoms with Crippen LogP contribution in [0.15, 0.2) is 12.3 Å². The molecule has 0 atom stereocenters. The van der Waals surface area contributed by atoms with E-state index in [0.717, 1.165) is 12.8 Å². The van der Waals surface area contributed by atoms with Crippen molar-refractivity contribution in [2.75, 3.05) is 13.1 Å². The summed E-state index contributed by atoms with van der Waals surface area (Å²) < 4.78 is 1.64. The first-order chi connectivity index (χ1) is 8.13. The van der Waals surface area contributed by atoms with Gasteiger partial charge in [0.05, 0.1) is 0 Å². The van der Waals surface area contributed by atoms with E-state index in [0.29, 0.717) is 18.8 Å². The summed E-state index contributed by atoms with van der Waals surface area (Å²) in [4.78, 5) is 14.1. The van der Waals surface area contributed by atoms with Crippen molar-refractivity contribution in [1.82, 2.24) is 14.7 Å². The van der Waals surface area contributed by atoms with Crippen LogP contribution in [-0.4, -0.2) is 39.7 Å². The minimum atomic E-state index is -0.0234. The summed E-state index contributed by atoms with van der Waals surface area (Å²) in [6.45, 7) is 5.24. The summed E-state index contributed by atoms with van der Waals surface area (Å²) in [5.41, 5.74) is 6.07. The fraction of sp³-hybridized carbons (Fsp3) is 0.667. The van der Waals surface area contributed by atoms with Crippen molar-refractivity contribution in [1.29, 1.82) is 0 Å². The molecule has 0 unspecified atom stereocenters. The van der Waals surface area contributed by atoms with Crippen LogP contribution in [0.2, 0.25) is 0 Å². The van der Waals surface area contributed by atoms with Crippen molar-refractivity contribution in [2.24, 2.45) is 12.8 Å². The predicted molar refractivity (Wildman–Crippen MR) is 67.7 cm³/mol. The molecule has 0 saturated carbocycles. The van der Waals surface area contributed by atoms with Gasteiger partial charge in [-0.25, -0.2) is 0 Å². The van der Waals surface area contributed by atoms with E-state index in [1.807, 2.05) is 4.90 Å². The number of nitrogens with zero attached hydrogens (tertiary/aromatic N) is 3. The zero-order valence-corrected chi connectivity index (χ0v) is 10.9. The molecule has 0 bridgehead atoms. The first kappa shape index (κ1) is 13.7. The molecule has 2 N–H and O–H groups in total. The highest BCUT2D eigenvalue weighted by Gasteiger charge is 2.23. The van der Waals surface area contributed by atoms with Crippen LogP contribution in [0, 0.1) is 0 Å². The zero-order valence-electron chi connectivity index (χ0n) is 10.9. The van der Waals surface area contributed by atoms with Crippen LogP contribution < -0.4 is 5.73 Å². The Hall–Kier alpha value is -1.36. The minimum Gasteiger partial charge on any atom is -0.333 e. The summed E-state index contributed by atoms with van der Waals surface area (Å²) in [5, 5.41) is 4.15. The second-order valence-electron chi connectivity index (χ2n) is 4.13. The van der Waals surface area contributed by atoms with E-state index < -0.39 is 0 Å². The molecule has 1 heterocycles. The van der Waals surface area contributed by atoms with Crippen LogP contribution in [0.5, 0.6) is 0 Å². The summed E-state index contributed by atoms with van der Waals surface area (Å²) in [6.07, 6.45) is 3.66. The maximum Gasteiger partial charge on any atom is 0.274 e. The predicted octanol–water partition coefficient (Wildman–Crippen LogP) is 1.01. The maximum atomic E-state index is 12.3. The van der Waals surface area contributed by atoms with Gasteiger partial charge in [-0.1, -0.05) is 13.8 Å². The van der Waals surface area contributed by atoms with Gasteiger partial charge in [-0.3, -0.25) is 9.48 Å². The molecule has 5 heteroatoms. The fourth-order valence-electron chi connectivity index (χ4n) is 1.99. The highest BCUT2D eigenvalue weighted by Crippen LogP contribution is 2.12. The second kappa shape index (κ2) is 6.39. The summed E-state index contributed by atoms with van der Waals surface area (Å²) in [6, 6.07) is 1.99. The number of carbonyl (C=O) groups is 1. The molecule has 0 aliphatic rings. The highest BCUT2D eigenvalue weighted by molar-refractivity contribution is 5.92. The Morgan fingerprint density at radius 2 is 2.18 bits per heavy atom. The molecule has 1 rings (SSSR count). The van der Waals surface area contributed by atoms with Gasteiger partial charge in [-0.2, -0.15) is 5.10 Å². The lowest BCUT2D eigenvalue weighted by molar-refractivity contribution is 0.0667. The Balaban J connectivity index is 2.86. The first-order valence-electron chi connectivity index (χ1n) is 6.14. The molecule has 0 radical (unpaired) electrons. The van der Waals surface area contributed by atoms with Gasteiger partial charge in [0.15, 0.2) is 0 Å². The highest BCUT2D eigenvalue weighted by atomic mass is 16.2. The topological polar surface area (TPSA) is 64.2 Å². The molecule has 0 aliphatic carbocycles. The van der Waals surface area contributed by atoms with Crippen LogP contribution >= 0.6 is 0 Å². The van der Waals surface area contributed by atoms with Crippen molar-refractivity contribution in [3.63, 3.8) is 0 Å². The molecule has 5 nitrogen and oxygen atoms in total. The summed E-state index contributed by atoms with van der Waals surface area (Å²) >= 11 is 0. The minimum absolute atomic E-state index is 0.0234. The standard InChI is InChI=1S/C12H22N4O/c1-4-10(5-2)16(9-7-13)12(17)11-6-8-15(3)14-11/h6,8,10H,4-5,7,9,13H2,1-3H3. The molecule has 17 heavy (non-hydrogen) atoms. The zero-order chi connectivity index (χ0) is 12.8. The molecule has 1 amide bonds. The van der Waals surface area contributed by atoms with Crippen molar-refractivity contribution >= 4 is 5.91 Å². The van der Waals surface area contributed by atoms with E-state index in [-0.39, 0.29) is 11.9 Å². The molecular formula is C12H22N4O. The van der Waals surface area contributed by atoms with Crippen molar-refractivity contribution < 1.29 is 4.79 Å². The van der Waals surface area contributed by atoms with E-state index in [1.165, 1.54) is 0 Å². The molecule has 0 spiro atoms. The third kappa shape index (κ3) is 3.30. The number of aromatic nitrogens is 2. The Morgan fingerprint density at radius 1 is 1.53 bits per heavy atom. The molecule has 0 saturated heterocycles. The number of amides is 1. The van der Waals surface area contributed by atoms with Gasteiger partial charge in [-0.05, 0) is 18.9 Å². The molecule has 1 aromatic heterocycles. The number of aryl methyl sites for hydroxylation is 1.